The van der Waals surface area contributed by atoms with Gasteiger partial charge in [0.1, 0.15) is 0 Å². The number of hydrogen-bond acceptors (Lipinski definition) is 3. The molecule has 1 aliphatic heterocycles. The second-order valence-electron chi connectivity index (χ2n) is 6.93. The Hall–Kier alpha value is -1.10. The van der Waals surface area contributed by atoms with Crippen LogP contribution in [0.5, 0.6) is 0 Å². The van der Waals surface area contributed by atoms with Gasteiger partial charge in [-0.2, -0.15) is 0 Å². The predicted molar refractivity (Wildman–Crippen MR) is 80.6 cm³/mol. The van der Waals surface area contributed by atoms with Crippen LogP contribution in [-0.4, -0.2) is 59.0 Å². The van der Waals surface area contributed by atoms with E-state index in [-0.39, 0.29) is 17.7 Å². The number of rotatable bonds is 4. The zero-order chi connectivity index (χ0) is 15.6. The fourth-order valence-corrected chi connectivity index (χ4v) is 3.60. The largest absolute Gasteiger partial charge is 0.392 e. The van der Waals surface area contributed by atoms with Crippen molar-refractivity contribution in [2.24, 2.45) is 11.8 Å². The smallest absolute Gasteiger partial charge is 0.227 e. The van der Waals surface area contributed by atoms with Crippen molar-refractivity contribution in [3.63, 3.8) is 0 Å². The minimum atomic E-state index is -0.535. The van der Waals surface area contributed by atoms with Crippen molar-refractivity contribution >= 4 is 11.8 Å². The van der Waals surface area contributed by atoms with Crippen molar-refractivity contribution in [2.45, 2.75) is 58.1 Å². The molecule has 1 heterocycles. The third-order valence-electron chi connectivity index (χ3n) is 4.85. The first-order valence-corrected chi connectivity index (χ1v) is 8.11. The Morgan fingerprint density at radius 3 is 2.57 bits per heavy atom. The molecule has 1 saturated carbocycles. The molecule has 5 heteroatoms. The monoisotopic (exact) mass is 296 g/mol. The van der Waals surface area contributed by atoms with E-state index in [1.807, 2.05) is 4.90 Å². The van der Waals surface area contributed by atoms with Gasteiger partial charge in [0.05, 0.1) is 12.0 Å². The molecule has 0 aromatic carbocycles. The first-order chi connectivity index (χ1) is 9.88. The molecule has 0 spiro atoms. The number of nitrogens with zero attached hydrogens (tertiary/aromatic N) is 2. The van der Waals surface area contributed by atoms with Crippen LogP contribution < -0.4 is 0 Å². The first kappa shape index (κ1) is 16.3. The maximum absolute atomic E-state index is 12.3. The van der Waals surface area contributed by atoms with E-state index >= 15 is 0 Å². The average Bonchev–Trinajstić information content (AvgIpc) is 2.80. The van der Waals surface area contributed by atoms with E-state index in [0.29, 0.717) is 25.6 Å². The minimum Gasteiger partial charge on any atom is -0.392 e. The van der Waals surface area contributed by atoms with Crippen LogP contribution in [0.3, 0.4) is 0 Å². The lowest BCUT2D eigenvalue weighted by Gasteiger charge is -2.33. The topological polar surface area (TPSA) is 60.9 Å². The van der Waals surface area contributed by atoms with Gasteiger partial charge in [-0.1, -0.05) is 6.92 Å². The third-order valence-corrected chi connectivity index (χ3v) is 4.85. The lowest BCUT2D eigenvalue weighted by atomic mass is 9.86. The Morgan fingerprint density at radius 1 is 1.38 bits per heavy atom. The Morgan fingerprint density at radius 2 is 2.00 bits per heavy atom. The third kappa shape index (κ3) is 3.96. The Kier molecular flexibility index (Phi) is 5.25. The molecule has 0 radical (unpaired) electrons. The lowest BCUT2D eigenvalue weighted by Crippen LogP contribution is -2.41. The van der Waals surface area contributed by atoms with Crippen molar-refractivity contribution in [2.75, 3.05) is 20.1 Å². The van der Waals surface area contributed by atoms with Crippen molar-refractivity contribution in [3.8, 4) is 0 Å². The molecule has 2 fully saturated rings. The molecule has 1 aliphatic carbocycles. The van der Waals surface area contributed by atoms with E-state index in [9.17, 15) is 14.7 Å². The molecule has 5 nitrogen and oxygen atoms in total. The van der Waals surface area contributed by atoms with Crippen molar-refractivity contribution < 1.29 is 14.7 Å². The summed E-state index contributed by atoms with van der Waals surface area (Å²) in [6.07, 6.45) is 4.28. The second kappa shape index (κ2) is 6.77. The van der Waals surface area contributed by atoms with E-state index in [0.717, 1.165) is 18.8 Å². The molecule has 2 atom stereocenters. The summed E-state index contributed by atoms with van der Waals surface area (Å²) in [4.78, 5) is 28.0. The predicted octanol–water partition coefficient (Wildman–Crippen LogP) is 1.25. The van der Waals surface area contributed by atoms with Crippen LogP contribution >= 0.6 is 0 Å². The van der Waals surface area contributed by atoms with Crippen LogP contribution in [0.15, 0.2) is 0 Å². The van der Waals surface area contributed by atoms with Crippen LogP contribution in [0.1, 0.15) is 46.0 Å². The van der Waals surface area contributed by atoms with Crippen LogP contribution in [0, 0.1) is 11.8 Å². The van der Waals surface area contributed by atoms with E-state index < -0.39 is 6.10 Å². The highest BCUT2D eigenvalue weighted by atomic mass is 16.3. The molecule has 1 N–H and O–H groups in total. The van der Waals surface area contributed by atoms with Gasteiger partial charge in [0.15, 0.2) is 0 Å². The number of carbonyl (C=O) groups is 2. The fourth-order valence-electron chi connectivity index (χ4n) is 3.60. The summed E-state index contributed by atoms with van der Waals surface area (Å²) >= 11 is 0. The van der Waals surface area contributed by atoms with Gasteiger partial charge in [0.2, 0.25) is 11.8 Å². The van der Waals surface area contributed by atoms with Gasteiger partial charge in [-0.15, -0.1) is 0 Å². The van der Waals surface area contributed by atoms with E-state index in [1.54, 1.807) is 18.9 Å². The number of likely N-dealkylation sites (N-methyl/N-ethyl adjacent to an activating group) is 1. The molecule has 0 aromatic rings. The van der Waals surface area contributed by atoms with Crippen molar-refractivity contribution in [3.05, 3.63) is 0 Å². The second-order valence-corrected chi connectivity index (χ2v) is 6.93. The summed E-state index contributed by atoms with van der Waals surface area (Å²) in [5.41, 5.74) is 0. The number of amides is 2. The van der Waals surface area contributed by atoms with Gasteiger partial charge in [0.25, 0.3) is 0 Å². The maximum atomic E-state index is 12.3. The van der Waals surface area contributed by atoms with Gasteiger partial charge < -0.3 is 14.9 Å². The Labute approximate surface area is 127 Å². The van der Waals surface area contributed by atoms with Crippen LogP contribution in [0.2, 0.25) is 0 Å². The summed E-state index contributed by atoms with van der Waals surface area (Å²) in [6.45, 7) is 4.81. The minimum absolute atomic E-state index is 0.0177. The van der Waals surface area contributed by atoms with Crippen LogP contribution in [0.4, 0.5) is 0 Å². The average molecular weight is 296 g/mol. The SMILES string of the molecule is CC1CCC(N2C[C@@H](C(=O)N(C)C[C@@H](C)O)CC2=O)CC1. The zero-order valence-electron chi connectivity index (χ0n) is 13.4. The van der Waals surface area contributed by atoms with Crippen molar-refractivity contribution in [1.82, 2.24) is 9.80 Å². The molecule has 120 valence electrons. The van der Waals surface area contributed by atoms with E-state index in [2.05, 4.69) is 6.92 Å². The molecule has 0 bridgehead atoms. The first-order valence-electron chi connectivity index (χ1n) is 8.11. The standard InChI is InChI=1S/C16H28N2O3/c1-11-4-6-14(7-5-11)18-10-13(8-15(18)20)16(21)17(3)9-12(2)19/h11-14,19H,4-10H2,1-3H3/t11?,12-,13+,14?/m1/s1. The zero-order valence-corrected chi connectivity index (χ0v) is 13.4. The van der Waals surface area contributed by atoms with Gasteiger partial charge in [-0.05, 0) is 38.5 Å². The van der Waals surface area contributed by atoms with Crippen LogP contribution in [-0.2, 0) is 9.59 Å². The summed E-state index contributed by atoms with van der Waals surface area (Å²) < 4.78 is 0. The molecule has 2 amide bonds. The van der Waals surface area contributed by atoms with Gasteiger partial charge in [0, 0.05) is 32.6 Å². The van der Waals surface area contributed by atoms with Crippen molar-refractivity contribution in [1.29, 1.82) is 0 Å². The fraction of sp³-hybridized carbons (Fsp3) is 0.875. The maximum Gasteiger partial charge on any atom is 0.227 e. The quantitative estimate of drug-likeness (QED) is 0.849. The molecule has 2 rings (SSSR count). The summed E-state index contributed by atoms with van der Waals surface area (Å²) in [6, 6.07) is 0.327. The molecular weight excluding hydrogens is 268 g/mol. The highest BCUT2D eigenvalue weighted by Gasteiger charge is 2.39. The molecule has 21 heavy (non-hydrogen) atoms. The molecule has 1 saturated heterocycles. The molecule has 2 aliphatic rings. The Bertz CT molecular complexity index is 389. The summed E-state index contributed by atoms with van der Waals surface area (Å²) in [5, 5.41) is 9.38. The van der Waals surface area contributed by atoms with Gasteiger partial charge in [-0.25, -0.2) is 0 Å². The number of aliphatic hydroxyl groups excluding tert-OH is 1. The van der Waals surface area contributed by atoms with E-state index in [1.165, 1.54) is 12.8 Å². The highest BCUT2D eigenvalue weighted by molar-refractivity contribution is 5.89. The summed E-state index contributed by atoms with van der Waals surface area (Å²) in [5.74, 6) is 0.628. The number of carbonyl (C=O) groups excluding carboxylic acids is 2. The number of likely N-dealkylation sites (tertiary alicyclic amines) is 1. The molecule has 0 unspecified atom stereocenters. The number of hydrogen-bond donors (Lipinski definition) is 1. The van der Waals surface area contributed by atoms with Crippen LogP contribution in [0.25, 0.3) is 0 Å². The van der Waals surface area contributed by atoms with Gasteiger partial charge >= 0.3 is 0 Å². The molecule has 0 aromatic heterocycles. The lowest BCUT2D eigenvalue weighted by molar-refractivity contribution is -0.135. The highest BCUT2D eigenvalue weighted by Crippen LogP contribution is 2.31. The molecular formula is C16H28N2O3. The number of aliphatic hydroxyl groups is 1. The normalized spacial score (nSPS) is 31.3. The Balaban J connectivity index is 1.91. The van der Waals surface area contributed by atoms with E-state index in [4.69, 9.17) is 0 Å². The summed E-state index contributed by atoms with van der Waals surface area (Å²) in [7, 11) is 1.70. The van der Waals surface area contributed by atoms with Gasteiger partial charge in [-0.3, -0.25) is 9.59 Å².